The van der Waals surface area contributed by atoms with Gasteiger partial charge in [-0.2, -0.15) is 4.37 Å². The summed E-state index contributed by atoms with van der Waals surface area (Å²) >= 11 is 4.57. The first-order valence-corrected chi connectivity index (χ1v) is 8.03. The molecule has 0 aliphatic rings. The molecule has 0 fully saturated rings. The zero-order chi connectivity index (χ0) is 15.4. The van der Waals surface area contributed by atoms with Crippen molar-refractivity contribution in [3.63, 3.8) is 0 Å². The Hall–Kier alpha value is -1.60. The molecule has 0 aliphatic heterocycles. The fourth-order valence-corrected chi connectivity index (χ4v) is 2.89. The predicted molar refractivity (Wildman–Crippen MR) is 88.7 cm³/mol. The number of rotatable bonds is 5. The maximum Gasteiger partial charge on any atom is 0.344 e. The number of esters is 1. The van der Waals surface area contributed by atoms with Crippen molar-refractivity contribution < 1.29 is 9.53 Å². The average molecular weight is 370 g/mol. The standard InChI is InChI=1S/C14H16BrN3O2S/c1-3-20-14(19)11-12(16)18-21-13(11)17-8(2)9-4-6-10(15)7-5-9/h4-8,17H,3H2,1-2H3,(H2,16,18). The smallest absolute Gasteiger partial charge is 0.344 e. The van der Waals surface area contributed by atoms with Gasteiger partial charge in [-0.25, -0.2) is 4.79 Å². The Bertz CT molecular complexity index is 628. The molecule has 112 valence electrons. The number of nitrogens with zero attached hydrogens (tertiary/aromatic N) is 1. The molecule has 0 radical (unpaired) electrons. The summed E-state index contributed by atoms with van der Waals surface area (Å²) in [4.78, 5) is 11.9. The van der Waals surface area contributed by atoms with Gasteiger partial charge in [0.15, 0.2) is 5.82 Å². The number of hydrogen-bond donors (Lipinski definition) is 2. The molecule has 1 atom stereocenters. The van der Waals surface area contributed by atoms with Crippen molar-refractivity contribution in [1.29, 1.82) is 0 Å². The number of benzene rings is 1. The summed E-state index contributed by atoms with van der Waals surface area (Å²) < 4.78 is 10.1. The number of nitrogens with one attached hydrogen (secondary N) is 1. The first-order chi connectivity index (χ1) is 10.0. The lowest BCUT2D eigenvalue weighted by molar-refractivity contribution is 0.0529. The largest absolute Gasteiger partial charge is 0.462 e. The van der Waals surface area contributed by atoms with Gasteiger partial charge in [0.1, 0.15) is 10.6 Å². The second-order valence-corrected chi connectivity index (χ2v) is 6.10. The summed E-state index contributed by atoms with van der Waals surface area (Å²) in [7, 11) is 0. The lowest BCUT2D eigenvalue weighted by atomic mass is 10.1. The van der Waals surface area contributed by atoms with Crippen LogP contribution in [0.1, 0.15) is 35.8 Å². The van der Waals surface area contributed by atoms with Crippen LogP contribution in [0.5, 0.6) is 0 Å². The summed E-state index contributed by atoms with van der Waals surface area (Å²) in [6.45, 7) is 4.06. The number of carbonyl (C=O) groups is 1. The summed E-state index contributed by atoms with van der Waals surface area (Å²) in [5, 5.41) is 3.89. The Balaban J connectivity index is 2.19. The molecule has 0 aliphatic carbocycles. The number of nitrogen functional groups attached to an aromatic ring is 1. The fraction of sp³-hybridized carbons (Fsp3) is 0.286. The Kier molecular flexibility index (Phi) is 5.19. The Labute approximate surface area is 135 Å². The van der Waals surface area contributed by atoms with Crippen LogP contribution in [0.25, 0.3) is 0 Å². The Morgan fingerprint density at radius 2 is 2.14 bits per heavy atom. The van der Waals surface area contributed by atoms with Crippen molar-refractivity contribution in [3.8, 4) is 0 Å². The molecule has 2 rings (SSSR count). The van der Waals surface area contributed by atoms with Crippen LogP contribution in [0.15, 0.2) is 28.7 Å². The van der Waals surface area contributed by atoms with Crippen molar-refractivity contribution >= 4 is 44.3 Å². The van der Waals surface area contributed by atoms with Crippen LogP contribution >= 0.6 is 27.5 Å². The van der Waals surface area contributed by atoms with E-state index in [1.807, 2.05) is 31.2 Å². The molecule has 1 aromatic heterocycles. The third-order valence-corrected chi connectivity index (χ3v) is 4.24. The number of ether oxygens (including phenoxy) is 1. The molecule has 21 heavy (non-hydrogen) atoms. The van der Waals surface area contributed by atoms with E-state index >= 15 is 0 Å². The first-order valence-electron chi connectivity index (χ1n) is 6.47. The van der Waals surface area contributed by atoms with Crippen LogP contribution in [-0.4, -0.2) is 16.9 Å². The molecule has 5 nitrogen and oxygen atoms in total. The monoisotopic (exact) mass is 369 g/mol. The highest BCUT2D eigenvalue weighted by Gasteiger charge is 2.21. The van der Waals surface area contributed by atoms with Gasteiger partial charge >= 0.3 is 5.97 Å². The van der Waals surface area contributed by atoms with E-state index in [0.717, 1.165) is 21.6 Å². The van der Waals surface area contributed by atoms with E-state index in [-0.39, 0.29) is 11.9 Å². The molecule has 1 heterocycles. The number of halogens is 1. The van der Waals surface area contributed by atoms with Crippen molar-refractivity contribution in [3.05, 3.63) is 39.9 Å². The van der Waals surface area contributed by atoms with Gasteiger partial charge in [0.2, 0.25) is 0 Å². The van der Waals surface area contributed by atoms with E-state index in [2.05, 4.69) is 25.6 Å². The van der Waals surface area contributed by atoms with Crippen molar-refractivity contribution in [2.45, 2.75) is 19.9 Å². The van der Waals surface area contributed by atoms with Crippen LogP contribution in [0, 0.1) is 0 Å². The van der Waals surface area contributed by atoms with Crippen LogP contribution in [0.4, 0.5) is 10.8 Å². The summed E-state index contributed by atoms with van der Waals surface area (Å²) in [6.07, 6.45) is 0. The molecule has 1 aromatic carbocycles. The van der Waals surface area contributed by atoms with E-state index in [9.17, 15) is 4.79 Å². The van der Waals surface area contributed by atoms with Crippen LogP contribution in [-0.2, 0) is 4.74 Å². The van der Waals surface area contributed by atoms with Gasteiger partial charge in [0.25, 0.3) is 0 Å². The topological polar surface area (TPSA) is 77.2 Å². The third-order valence-electron chi connectivity index (χ3n) is 2.92. The van der Waals surface area contributed by atoms with E-state index in [0.29, 0.717) is 17.2 Å². The highest BCUT2D eigenvalue weighted by atomic mass is 79.9. The van der Waals surface area contributed by atoms with Gasteiger partial charge in [-0.05, 0) is 43.1 Å². The van der Waals surface area contributed by atoms with Crippen LogP contribution in [0.3, 0.4) is 0 Å². The van der Waals surface area contributed by atoms with Crippen molar-refractivity contribution in [2.24, 2.45) is 0 Å². The molecule has 1 unspecified atom stereocenters. The summed E-state index contributed by atoms with van der Waals surface area (Å²) in [5.74, 6) is -0.252. The van der Waals surface area contributed by atoms with E-state index < -0.39 is 5.97 Å². The highest BCUT2D eigenvalue weighted by Crippen LogP contribution is 2.31. The molecule has 0 spiro atoms. The normalized spacial score (nSPS) is 12.0. The van der Waals surface area contributed by atoms with Gasteiger partial charge in [-0.15, -0.1) is 0 Å². The maximum absolute atomic E-state index is 11.9. The third kappa shape index (κ3) is 3.74. The molecule has 0 saturated carbocycles. The van der Waals surface area contributed by atoms with Crippen LogP contribution in [0.2, 0.25) is 0 Å². The Morgan fingerprint density at radius 3 is 2.76 bits per heavy atom. The SMILES string of the molecule is CCOC(=O)c1c(N)nsc1NC(C)c1ccc(Br)cc1. The summed E-state index contributed by atoms with van der Waals surface area (Å²) in [5.41, 5.74) is 7.17. The van der Waals surface area contributed by atoms with Gasteiger partial charge < -0.3 is 15.8 Å². The quantitative estimate of drug-likeness (QED) is 0.782. The Morgan fingerprint density at radius 1 is 1.48 bits per heavy atom. The van der Waals surface area contributed by atoms with E-state index in [1.165, 1.54) is 0 Å². The molecule has 0 amide bonds. The van der Waals surface area contributed by atoms with Crippen LogP contribution < -0.4 is 11.1 Å². The van der Waals surface area contributed by atoms with Gasteiger partial charge in [0.05, 0.1) is 6.61 Å². The minimum atomic E-state index is -0.450. The maximum atomic E-state index is 11.9. The number of carbonyl (C=O) groups excluding carboxylic acids is 1. The number of nitrogens with two attached hydrogens (primary N) is 1. The minimum Gasteiger partial charge on any atom is -0.462 e. The highest BCUT2D eigenvalue weighted by molar-refractivity contribution is 9.10. The van der Waals surface area contributed by atoms with Gasteiger partial charge in [-0.1, -0.05) is 28.1 Å². The number of aromatic nitrogens is 1. The molecule has 7 heteroatoms. The van der Waals surface area contributed by atoms with Gasteiger partial charge in [0, 0.05) is 10.5 Å². The number of hydrogen-bond acceptors (Lipinski definition) is 6. The fourth-order valence-electron chi connectivity index (χ4n) is 1.83. The zero-order valence-corrected chi connectivity index (χ0v) is 14.1. The predicted octanol–water partition coefficient (Wildman–Crippen LogP) is 3.84. The molecular weight excluding hydrogens is 354 g/mol. The lowest BCUT2D eigenvalue weighted by Gasteiger charge is -2.15. The van der Waals surface area contributed by atoms with Crippen molar-refractivity contribution in [2.75, 3.05) is 17.7 Å². The van der Waals surface area contributed by atoms with E-state index in [4.69, 9.17) is 10.5 Å². The molecule has 2 aromatic rings. The molecule has 3 N–H and O–H groups in total. The molecular formula is C14H16BrN3O2S. The number of anilines is 2. The first kappa shape index (κ1) is 15.8. The average Bonchev–Trinajstić information content (AvgIpc) is 2.80. The minimum absolute atomic E-state index is 0.0196. The molecule has 0 saturated heterocycles. The van der Waals surface area contributed by atoms with E-state index in [1.54, 1.807) is 6.92 Å². The second kappa shape index (κ2) is 6.91. The van der Waals surface area contributed by atoms with Crippen molar-refractivity contribution in [1.82, 2.24) is 4.37 Å². The lowest BCUT2D eigenvalue weighted by Crippen LogP contribution is -2.12. The van der Waals surface area contributed by atoms with Gasteiger partial charge in [-0.3, -0.25) is 0 Å². The summed E-state index contributed by atoms with van der Waals surface area (Å²) in [6, 6.07) is 7.99. The molecule has 0 bridgehead atoms. The second-order valence-electron chi connectivity index (χ2n) is 4.41. The zero-order valence-electron chi connectivity index (χ0n) is 11.7.